The number of nitrogens with two attached hydrogens (primary N) is 1. The number of anilines is 1. The Morgan fingerprint density at radius 2 is 2.04 bits per heavy atom. The van der Waals surface area contributed by atoms with Gasteiger partial charge in [0.15, 0.2) is 0 Å². The molecule has 1 aromatic carbocycles. The van der Waals surface area contributed by atoms with Crippen molar-refractivity contribution in [2.24, 2.45) is 16.8 Å². The van der Waals surface area contributed by atoms with Crippen molar-refractivity contribution >= 4 is 17.4 Å². The van der Waals surface area contributed by atoms with Gasteiger partial charge in [-0.05, 0) is 55.5 Å². The van der Waals surface area contributed by atoms with Gasteiger partial charge in [-0.15, -0.1) is 0 Å². The zero-order valence-corrected chi connectivity index (χ0v) is 15.9. The third kappa shape index (κ3) is 3.36. The number of hydrogen-bond donors (Lipinski definition) is 1. The Labute approximate surface area is 164 Å². The second-order valence-electron chi connectivity index (χ2n) is 7.57. The van der Waals surface area contributed by atoms with Gasteiger partial charge in [0.25, 0.3) is 0 Å². The summed E-state index contributed by atoms with van der Waals surface area (Å²) >= 11 is 0. The molecule has 2 aliphatic rings. The lowest BCUT2D eigenvalue weighted by Crippen LogP contribution is -2.33. The number of hydrazone groups is 1. The van der Waals surface area contributed by atoms with E-state index in [0.29, 0.717) is 22.7 Å². The van der Waals surface area contributed by atoms with Crippen LogP contribution in [0.15, 0.2) is 41.5 Å². The van der Waals surface area contributed by atoms with Gasteiger partial charge < -0.3 is 5.73 Å². The van der Waals surface area contributed by atoms with Gasteiger partial charge in [0.2, 0.25) is 5.91 Å². The summed E-state index contributed by atoms with van der Waals surface area (Å²) in [4.78, 5) is 16.2. The van der Waals surface area contributed by atoms with Crippen molar-refractivity contribution in [1.82, 2.24) is 4.98 Å². The molecule has 0 radical (unpaired) electrons. The van der Waals surface area contributed by atoms with Crippen molar-refractivity contribution in [3.63, 3.8) is 0 Å². The molecule has 0 spiro atoms. The number of rotatable bonds is 4. The molecule has 142 valence electrons. The number of nitriles is 1. The zero-order chi connectivity index (χ0) is 19.7. The van der Waals surface area contributed by atoms with E-state index < -0.39 is 5.91 Å². The number of hydrogen-bond acceptors (Lipinski definition) is 5. The van der Waals surface area contributed by atoms with E-state index in [1.54, 1.807) is 6.07 Å². The van der Waals surface area contributed by atoms with Gasteiger partial charge in [0.1, 0.15) is 11.9 Å². The Morgan fingerprint density at radius 3 is 2.71 bits per heavy atom. The van der Waals surface area contributed by atoms with Gasteiger partial charge in [0, 0.05) is 12.0 Å². The third-order valence-electron chi connectivity index (χ3n) is 5.80. The Balaban J connectivity index is 1.72. The minimum absolute atomic E-state index is 0.245. The number of aromatic nitrogens is 1. The van der Waals surface area contributed by atoms with Crippen LogP contribution in [0, 0.1) is 24.2 Å². The highest BCUT2D eigenvalue weighted by molar-refractivity contribution is 6.05. The number of carbonyl (C=O) groups is 1. The summed E-state index contributed by atoms with van der Waals surface area (Å²) in [6.07, 6.45) is 5.71. The molecule has 1 aliphatic heterocycles. The van der Waals surface area contributed by atoms with Crippen molar-refractivity contribution in [2.45, 2.75) is 45.1 Å². The Bertz CT molecular complexity index is 985. The van der Waals surface area contributed by atoms with E-state index in [4.69, 9.17) is 10.8 Å². The maximum absolute atomic E-state index is 11.6. The first kappa shape index (κ1) is 18.2. The standard InChI is InChI=1S/C22H23N5O/c1-14-18(13-23)9-10-21(25-14)27-20(15-5-2-3-6-15)12-19(26-27)16-7-4-8-17(11-16)22(24)28/h4,7-11,15,20H,2-3,5-6,12H2,1H3,(H2,24,28). The fourth-order valence-corrected chi connectivity index (χ4v) is 4.28. The molecule has 0 saturated heterocycles. The first-order valence-corrected chi connectivity index (χ1v) is 9.71. The normalized spacial score (nSPS) is 19.5. The SMILES string of the molecule is Cc1nc(N2N=C(c3cccc(C(N)=O)c3)CC2C2CCCC2)ccc1C#N. The lowest BCUT2D eigenvalue weighted by atomic mass is 9.92. The maximum atomic E-state index is 11.6. The molecule has 2 heterocycles. The van der Waals surface area contributed by atoms with E-state index in [-0.39, 0.29) is 6.04 Å². The van der Waals surface area contributed by atoms with Crippen LogP contribution in [-0.4, -0.2) is 22.6 Å². The molecule has 1 saturated carbocycles. The van der Waals surface area contributed by atoms with Crippen LogP contribution in [0.2, 0.25) is 0 Å². The minimum Gasteiger partial charge on any atom is -0.366 e. The first-order chi connectivity index (χ1) is 13.6. The number of amides is 1. The third-order valence-corrected chi connectivity index (χ3v) is 5.80. The van der Waals surface area contributed by atoms with Gasteiger partial charge in [-0.1, -0.05) is 25.0 Å². The molecule has 0 bridgehead atoms. The fourth-order valence-electron chi connectivity index (χ4n) is 4.28. The van der Waals surface area contributed by atoms with Crippen molar-refractivity contribution in [3.8, 4) is 6.07 Å². The van der Waals surface area contributed by atoms with Crippen LogP contribution in [0.25, 0.3) is 0 Å². The monoisotopic (exact) mass is 373 g/mol. The molecular formula is C22H23N5O. The van der Waals surface area contributed by atoms with Gasteiger partial charge in [0.05, 0.1) is 23.0 Å². The number of aryl methyl sites for hydroxylation is 1. The fraction of sp³-hybridized carbons (Fsp3) is 0.364. The number of benzene rings is 1. The first-order valence-electron chi connectivity index (χ1n) is 9.71. The van der Waals surface area contributed by atoms with Gasteiger partial charge in [-0.2, -0.15) is 10.4 Å². The van der Waals surface area contributed by atoms with E-state index in [2.05, 4.69) is 11.1 Å². The van der Waals surface area contributed by atoms with Crippen LogP contribution < -0.4 is 10.7 Å². The molecule has 28 heavy (non-hydrogen) atoms. The summed E-state index contributed by atoms with van der Waals surface area (Å²) in [6, 6.07) is 13.4. The molecule has 1 aliphatic carbocycles. The van der Waals surface area contributed by atoms with Crippen molar-refractivity contribution < 1.29 is 4.79 Å². The lowest BCUT2D eigenvalue weighted by molar-refractivity contribution is 0.100. The number of carbonyl (C=O) groups excluding carboxylic acids is 1. The molecule has 4 rings (SSSR count). The van der Waals surface area contributed by atoms with E-state index in [9.17, 15) is 10.1 Å². The van der Waals surface area contributed by atoms with Crippen LogP contribution in [0.3, 0.4) is 0 Å². The average Bonchev–Trinajstić information content (AvgIpc) is 3.37. The molecule has 2 aromatic rings. The highest BCUT2D eigenvalue weighted by Crippen LogP contribution is 2.37. The largest absolute Gasteiger partial charge is 0.366 e. The predicted molar refractivity (Wildman–Crippen MR) is 108 cm³/mol. The molecule has 1 atom stereocenters. The van der Waals surface area contributed by atoms with Gasteiger partial charge in [-0.25, -0.2) is 9.99 Å². The molecule has 1 unspecified atom stereocenters. The van der Waals surface area contributed by atoms with E-state index in [1.807, 2.05) is 42.3 Å². The number of pyridine rings is 1. The van der Waals surface area contributed by atoms with Crippen LogP contribution in [0.4, 0.5) is 5.82 Å². The Hall–Kier alpha value is -3.20. The van der Waals surface area contributed by atoms with Gasteiger partial charge >= 0.3 is 0 Å². The smallest absolute Gasteiger partial charge is 0.248 e. The molecular weight excluding hydrogens is 350 g/mol. The zero-order valence-electron chi connectivity index (χ0n) is 15.9. The van der Waals surface area contributed by atoms with Crippen LogP contribution >= 0.6 is 0 Å². The van der Waals surface area contributed by atoms with Crippen LogP contribution in [-0.2, 0) is 0 Å². The quantitative estimate of drug-likeness (QED) is 0.887. The second kappa shape index (κ2) is 7.43. The summed E-state index contributed by atoms with van der Waals surface area (Å²) in [5, 5.41) is 16.1. The van der Waals surface area contributed by atoms with Crippen molar-refractivity contribution in [1.29, 1.82) is 5.26 Å². The maximum Gasteiger partial charge on any atom is 0.248 e. The summed E-state index contributed by atoms with van der Waals surface area (Å²) in [6.45, 7) is 1.85. The second-order valence-corrected chi connectivity index (χ2v) is 7.57. The topological polar surface area (TPSA) is 95.4 Å². The summed E-state index contributed by atoms with van der Waals surface area (Å²) < 4.78 is 0. The predicted octanol–water partition coefficient (Wildman–Crippen LogP) is 3.53. The van der Waals surface area contributed by atoms with Crippen LogP contribution in [0.5, 0.6) is 0 Å². The van der Waals surface area contributed by atoms with E-state index in [1.165, 1.54) is 25.7 Å². The molecule has 1 amide bonds. The summed E-state index contributed by atoms with van der Waals surface area (Å²) in [5.74, 6) is 0.904. The minimum atomic E-state index is -0.436. The van der Waals surface area contributed by atoms with Gasteiger partial charge in [-0.3, -0.25) is 4.79 Å². The molecule has 1 fully saturated rings. The molecule has 6 nitrogen and oxygen atoms in total. The molecule has 6 heteroatoms. The summed E-state index contributed by atoms with van der Waals surface area (Å²) in [5.41, 5.74) is 9.10. The van der Waals surface area contributed by atoms with Crippen molar-refractivity contribution in [3.05, 3.63) is 58.8 Å². The average molecular weight is 373 g/mol. The molecule has 2 N–H and O–H groups in total. The number of nitrogens with zero attached hydrogens (tertiary/aromatic N) is 4. The lowest BCUT2D eigenvalue weighted by Gasteiger charge is -2.27. The summed E-state index contributed by atoms with van der Waals surface area (Å²) in [7, 11) is 0. The Kier molecular flexibility index (Phi) is 4.82. The highest BCUT2D eigenvalue weighted by atomic mass is 16.1. The number of primary amides is 1. The van der Waals surface area contributed by atoms with E-state index in [0.717, 1.165) is 23.5 Å². The highest BCUT2D eigenvalue weighted by Gasteiger charge is 2.36. The molecule has 1 aromatic heterocycles. The van der Waals surface area contributed by atoms with E-state index >= 15 is 0 Å². The van der Waals surface area contributed by atoms with Crippen molar-refractivity contribution in [2.75, 3.05) is 5.01 Å². The van der Waals surface area contributed by atoms with Crippen LogP contribution in [0.1, 0.15) is 59.3 Å². The Morgan fingerprint density at radius 1 is 1.25 bits per heavy atom.